The van der Waals surface area contributed by atoms with Crippen molar-refractivity contribution in [1.82, 2.24) is 9.78 Å². The van der Waals surface area contributed by atoms with E-state index in [0.29, 0.717) is 24.0 Å². The summed E-state index contributed by atoms with van der Waals surface area (Å²) in [6.07, 6.45) is 5.06. The normalized spacial score (nSPS) is 19.3. The summed E-state index contributed by atoms with van der Waals surface area (Å²) in [7, 11) is 3.29. The second-order valence-electron chi connectivity index (χ2n) is 7.09. The number of halogens is 1. The van der Waals surface area contributed by atoms with E-state index < -0.39 is 5.41 Å². The minimum atomic E-state index is -0.961. The fraction of sp³-hybridized carbons (Fsp3) is 0.273. The Kier molecular flexibility index (Phi) is 4.10. The lowest BCUT2D eigenvalue weighted by atomic mass is 9.77. The predicted molar refractivity (Wildman–Crippen MR) is 103 cm³/mol. The molecule has 1 aliphatic rings. The van der Waals surface area contributed by atoms with Gasteiger partial charge in [-0.05, 0) is 54.2 Å². The summed E-state index contributed by atoms with van der Waals surface area (Å²) in [6.45, 7) is 1.71. The van der Waals surface area contributed by atoms with Crippen LogP contribution in [0.4, 0.5) is 4.39 Å². The summed E-state index contributed by atoms with van der Waals surface area (Å²) in [5.74, 6) is -0.665. The van der Waals surface area contributed by atoms with Crippen LogP contribution >= 0.6 is 0 Å². The molecule has 3 aromatic rings. The van der Waals surface area contributed by atoms with Gasteiger partial charge in [-0.3, -0.25) is 9.48 Å². The molecule has 0 amide bonds. The van der Waals surface area contributed by atoms with Crippen LogP contribution in [0, 0.1) is 12.7 Å². The van der Waals surface area contributed by atoms with E-state index >= 15 is 0 Å². The van der Waals surface area contributed by atoms with E-state index in [1.807, 2.05) is 42.2 Å². The topological polar surface area (TPSA) is 44.1 Å². The van der Waals surface area contributed by atoms with Gasteiger partial charge < -0.3 is 4.74 Å². The summed E-state index contributed by atoms with van der Waals surface area (Å²) >= 11 is 0. The van der Waals surface area contributed by atoms with Gasteiger partial charge in [0.25, 0.3) is 0 Å². The third-order valence-corrected chi connectivity index (χ3v) is 5.63. The van der Waals surface area contributed by atoms with Gasteiger partial charge in [0.15, 0.2) is 0 Å². The number of hydrogen-bond acceptors (Lipinski definition) is 3. The van der Waals surface area contributed by atoms with Crippen molar-refractivity contribution in [3.05, 3.63) is 71.2 Å². The molecule has 0 spiro atoms. The Morgan fingerprint density at radius 1 is 1.30 bits per heavy atom. The number of hydrogen-bond donors (Lipinski definition) is 0. The third kappa shape index (κ3) is 2.65. The Hall–Kier alpha value is -2.95. The molecule has 1 aromatic heterocycles. The first kappa shape index (κ1) is 17.5. The van der Waals surface area contributed by atoms with E-state index in [1.54, 1.807) is 13.0 Å². The van der Waals surface area contributed by atoms with Crippen molar-refractivity contribution in [2.45, 2.75) is 25.2 Å². The summed E-state index contributed by atoms with van der Waals surface area (Å²) in [4.78, 5) is 12.8. The molecule has 1 aliphatic carbocycles. The zero-order chi connectivity index (χ0) is 19.2. The van der Waals surface area contributed by atoms with Gasteiger partial charge in [-0.25, -0.2) is 4.39 Å². The largest absolute Gasteiger partial charge is 0.468 e. The maximum atomic E-state index is 14.2. The Bertz CT molecular complexity index is 1080. The number of rotatable bonds is 3. The third-order valence-electron chi connectivity index (χ3n) is 5.63. The summed E-state index contributed by atoms with van der Waals surface area (Å²) in [5, 5.41) is 5.35. The minimum absolute atomic E-state index is 0.311. The van der Waals surface area contributed by atoms with Crippen LogP contribution in [0.1, 0.15) is 29.5 Å². The molecule has 0 unspecified atom stereocenters. The van der Waals surface area contributed by atoms with Crippen molar-refractivity contribution in [2.24, 2.45) is 7.05 Å². The van der Waals surface area contributed by atoms with Crippen LogP contribution in [0.25, 0.3) is 16.5 Å². The SMILES string of the molecule is COC(=O)[C@]1(c2cccc(F)c2C)C=C(c2ccc3cnn(C)c3c2)CC1. The van der Waals surface area contributed by atoms with Crippen LogP contribution in [0.15, 0.2) is 48.7 Å². The van der Waals surface area contributed by atoms with Gasteiger partial charge in [0.1, 0.15) is 11.2 Å². The maximum absolute atomic E-state index is 14.2. The standard InChI is InChI=1S/C22H21FN2O2/c1-14-18(5-4-6-19(14)23)22(21(26)27-3)10-9-16(12-22)15-7-8-17-13-24-25(2)20(17)11-15/h4-8,11-13H,9-10H2,1-3H3/t22-/m0/s1. The predicted octanol–water partition coefficient (Wildman–Crippen LogP) is 4.31. The molecule has 27 heavy (non-hydrogen) atoms. The Balaban J connectivity index is 1.86. The molecule has 5 heteroatoms. The second kappa shape index (κ2) is 6.34. The highest BCUT2D eigenvalue weighted by atomic mass is 19.1. The van der Waals surface area contributed by atoms with Crippen molar-refractivity contribution in [1.29, 1.82) is 0 Å². The number of methoxy groups -OCH3 is 1. The molecular formula is C22H21FN2O2. The van der Waals surface area contributed by atoms with Crippen molar-refractivity contribution >= 4 is 22.4 Å². The molecule has 0 bridgehead atoms. The van der Waals surface area contributed by atoms with E-state index in [2.05, 4.69) is 11.2 Å². The first-order valence-electron chi connectivity index (χ1n) is 8.94. The van der Waals surface area contributed by atoms with Crippen LogP contribution in [0.3, 0.4) is 0 Å². The molecule has 0 N–H and O–H groups in total. The van der Waals surface area contributed by atoms with E-state index in [9.17, 15) is 9.18 Å². The van der Waals surface area contributed by atoms with Gasteiger partial charge in [0.2, 0.25) is 0 Å². The lowest BCUT2D eigenvalue weighted by Crippen LogP contribution is -2.34. The number of benzene rings is 2. The molecule has 1 heterocycles. The van der Waals surface area contributed by atoms with Gasteiger partial charge in [-0.1, -0.05) is 30.3 Å². The molecule has 0 aliphatic heterocycles. The van der Waals surface area contributed by atoms with Crippen molar-refractivity contribution < 1.29 is 13.9 Å². The van der Waals surface area contributed by atoms with Crippen molar-refractivity contribution in [2.75, 3.05) is 7.11 Å². The minimum Gasteiger partial charge on any atom is -0.468 e. The molecule has 0 fully saturated rings. The molecule has 0 radical (unpaired) electrons. The van der Waals surface area contributed by atoms with Gasteiger partial charge in [0.05, 0.1) is 18.8 Å². The number of esters is 1. The molecule has 0 saturated carbocycles. The van der Waals surface area contributed by atoms with Crippen LogP contribution in [0.5, 0.6) is 0 Å². The highest BCUT2D eigenvalue weighted by Gasteiger charge is 2.44. The first-order chi connectivity index (χ1) is 13.0. The van der Waals surface area contributed by atoms with E-state index in [0.717, 1.165) is 22.0 Å². The molecule has 2 aromatic carbocycles. The van der Waals surface area contributed by atoms with Crippen LogP contribution < -0.4 is 0 Å². The molecule has 4 nitrogen and oxygen atoms in total. The monoisotopic (exact) mass is 364 g/mol. The van der Waals surface area contributed by atoms with E-state index in [4.69, 9.17) is 4.74 Å². The number of aryl methyl sites for hydroxylation is 1. The number of fused-ring (bicyclic) bond motifs is 1. The molecular weight excluding hydrogens is 343 g/mol. The smallest absolute Gasteiger partial charge is 0.320 e. The average molecular weight is 364 g/mol. The summed E-state index contributed by atoms with van der Waals surface area (Å²) in [6, 6.07) is 11.0. The molecule has 138 valence electrons. The number of nitrogens with zero attached hydrogens (tertiary/aromatic N) is 2. The molecule has 0 saturated heterocycles. The maximum Gasteiger partial charge on any atom is 0.320 e. The van der Waals surface area contributed by atoms with Crippen LogP contribution in [-0.2, 0) is 22.0 Å². The lowest BCUT2D eigenvalue weighted by Gasteiger charge is -2.26. The summed E-state index contributed by atoms with van der Waals surface area (Å²) < 4.78 is 21.2. The lowest BCUT2D eigenvalue weighted by molar-refractivity contribution is -0.145. The average Bonchev–Trinajstić information content (AvgIpc) is 3.28. The van der Waals surface area contributed by atoms with Gasteiger partial charge in [0, 0.05) is 12.4 Å². The Morgan fingerprint density at radius 2 is 2.11 bits per heavy atom. The number of ether oxygens (including phenoxy) is 1. The van der Waals surface area contributed by atoms with Gasteiger partial charge in [-0.2, -0.15) is 5.10 Å². The Labute approximate surface area is 157 Å². The number of aromatic nitrogens is 2. The van der Waals surface area contributed by atoms with Gasteiger partial charge in [-0.15, -0.1) is 0 Å². The number of carbonyl (C=O) groups excluding carboxylic acids is 1. The van der Waals surface area contributed by atoms with Crippen LogP contribution in [0.2, 0.25) is 0 Å². The fourth-order valence-electron chi connectivity index (χ4n) is 4.10. The zero-order valence-corrected chi connectivity index (χ0v) is 15.6. The Morgan fingerprint density at radius 3 is 2.89 bits per heavy atom. The van der Waals surface area contributed by atoms with Gasteiger partial charge >= 0.3 is 5.97 Å². The fourth-order valence-corrected chi connectivity index (χ4v) is 4.10. The second-order valence-corrected chi connectivity index (χ2v) is 7.09. The van der Waals surface area contributed by atoms with E-state index in [1.165, 1.54) is 13.2 Å². The van der Waals surface area contributed by atoms with Crippen molar-refractivity contribution in [3.63, 3.8) is 0 Å². The van der Waals surface area contributed by atoms with Crippen molar-refractivity contribution in [3.8, 4) is 0 Å². The highest BCUT2D eigenvalue weighted by molar-refractivity contribution is 5.92. The summed E-state index contributed by atoms with van der Waals surface area (Å²) in [5.41, 5.74) is 3.34. The number of carbonyl (C=O) groups is 1. The first-order valence-corrected chi connectivity index (χ1v) is 8.94. The van der Waals surface area contributed by atoms with E-state index in [-0.39, 0.29) is 11.8 Å². The quantitative estimate of drug-likeness (QED) is 0.651. The molecule has 1 atom stereocenters. The van der Waals surface area contributed by atoms with Crippen LogP contribution in [-0.4, -0.2) is 22.9 Å². The molecule has 4 rings (SSSR count). The zero-order valence-electron chi connectivity index (χ0n) is 15.6. The number of allylic oxidation sites excluding steroid dienone is 1. The highest BCUT2D eigenvalue weighted by Crippen LogP contribution is 2.45.